The highest BCUT2D eigenvalue weighted by atomic mass is 16.2. The van der Waals surface area contributed by atoms with Crippen molar-refractivity contribution >= 4 is 22.6 Å². The van der Waals surface area contributed by atoms with Gasteiger partial charge in [0.25, 0.3) is 11.5 Å². The molecule has 3 aromatic heterocycles. The van der Waals surface area contributed by atoms with Gasteiger partial charge in [0.1, 0.15) is 17.0 Å². The molecule has 32 heavy (non-hydrogen) atoms. The van der Waals surface area contributed by atoms with E-state index in [2.05, 4.69) is 10.3 Å². The molecule has 1 amide bonds. The monoisotopic (exact) mass is 422 g/mol. The number of hydrogen-bond acceptors (Lipinski definition) is 3. The van der Waals surface area contributed by atoms with Gasteiger partial charge < -0.3 is 9.88 Å². The number of aromatic nitrogens is 3. The Kier molecular flexibility index (Phi) is 4.82. The van der Waals surface area contributed by atoms with Gasteiger partial charge in [-0.3, -0.25) is 14.0 Å². The van der Waals surface area contributed by atoms with E-state index in [1.165, 1.54) is 4.40 Å². The molecule has 0 aliphatic heterocycles. The van der Waals surface area contributed by atoms with Gasteiger partial charge in [-0.1, -0.05) is 66.7 Å². The lowest BCUT2D eigenvalue weighted by Gasteiger charge is -2.20. The Hall–Kier alpha value is -4.19. The van der Waals surface area contributed by atoms with Crippen LogP contribution in [0, 0.1) is 6.92 Å². The van der Waals surface area contributed by atoms with E-state index in [-0.39, 0.29) is 17.5 Å². The lowest BCUT2D eigenvalue weighted by molar-refractivity contribution is 0.0935. The Bertz CT molecular complexity index is 1460. The zero-order chi connectivity index (χ0) is 22.2. The SMILES string of the molecule is Cc1ccc2nc3c(cc(C(=O)NC(c4ccccc4)c4ccccc4)n3C)c(=O)n2c1. The van der Waals surface area contributed by atoms with Crippen molar-refractivity contribution in [1.29, 1.82) is 0 Å². The number of aryl methyl sites for hydroxylation is 2. The summed E-state index contributed by atoms with van der Waals surface area (Å²) in [6.45, 7) is 1.92. The number of amides is 1. The summed E-state index contributed by atoms with van der Waals surface area (Å²) in [5, 5.41) is 3.56. The minimum Gasteiger partial charge on any atom is -0.340 e. The molecule has 0 aliphatic carbocycles. The highest BCUT2D eigenvalue weighted by Gasteiger charge is 2.22. The molecule has 0 spiro atoms. The smallest absolute Gasteiger partial charge is 0.268 e. The predicted molar refractivity (Wildman–Crippen MR) is 125 cm³/mol. The van der Waals surface area contributed by atoms with Gasteiger partial charge in [-0.25, -0.2) is 4.98 Å². The van der Waals surface area contributed by atoms with E-state index in [9.17, 15) is 9.59 Å². The van der Waals surface area contributed by atoms with Gasteiger partial charge in [0.05, 0.1) is 11.4 Å². The fourth-order valence-corrected chi connectivity index (χ4v) is 4.05. The molecule has 3 heterocycles. The predicted octanol–water partition coefficient (Wildman–Crippen LogP) is 4.01. The third kappa shape index (κ3) is 3.36. The zero-order valence-corrected chi connectivity index (χ0v) is 17.8. The van der Waals surface area contributed by atoms with Crippen molar-refractivity contribution in [2.75, 3.05) is 0 Å². The Morgan fingerprint density at radius 3 is 2.19 bits per heavy atom. The van der Waals surface area contributed by atoms with Crippen LogP contribution < -0.4 is 10.9 Å². The molecule has 0 saturated carbocycles. The number of rotatable bonds is 4. The number of carbonyl (C=O) groups excluding carboxylic acids is 1. The summed E-state index contributed by atoms with van der Waals surface area (Å²) in [5.41, 5.74) is 4.14. The first-order valence-corrected chi connectivity index (χ1v) is 10.4. The van der Waals surface area contributed by atoms with Crippen LogP contribution in [0.2, 0.25) is 0 Å². The van der Waals surface area contributed by atoms with Gasteiger partial charge in [-0.15, -0.1) is 0 Å². The molecule has 158 valence electrons. The molecule has 0 atom stereocenters. The molecule has 0 unspecified atom stereocenters. The third-order valence-electron chi connectivity index (χ3n) is 5.72. The number of pyridine rings is 1. The third-order valence-corrected chi connectivity index (χ3v) is 5.72. The topological polar surface area (TPSA) is 68.4 Å². The van der Waals surface area contributed by atoms with Crippen molar-refractivity contribution < 1.29 is 4.79 Å². The van der Waals surface area contributed by atoms with E-state index < -0.39 is 0 Å². The van der Waals surface area contributed by atoms with Crippen molar-refractivity contribution in [3.63, 3.8) is 0 Å². The second kappa shape index (κ2) is 7.81. The molecule has 6 nitrogen and oxygen atoms in total. The molecule has 2 aromatic carbocycles. The lowest BCUT2D eigenvalue weighted by Crippen LogP contribution is -2.30. The molecule has 0 bridgehead atoms. The Labute approximate surface area is 184 Å². The summed E-state index contributed by atoms with van der Waals surface area (Å²) in [6, 6.07) is 24.7. The Morgan fingerprint density at radius 1 is 0.938 bits per heavy atom. The van der Waals surface area contributed by atoms with Crippen LogP contribution >= 0.6 is 0 Å². The van der Waals surface area contributed by atoms with Crippen LogP contribution in [0.15, 0.2) is 89.9 Å². The zero-order valence-electron chi connectivity index (χ0n) is 17.8. The number of nitrogens with one attached hydrogen (secondary N) is 1. The Morgan fingerprint density at radius 2 is 1.56 bits per heavy atom. The number of nitrogens with zero attached hydrogens (tertiary/aromatic N) is 3. The average Bonchev–Trinajstić information content (AvgIpc) is 3.16. The van der Waals surface area contributed by atoms with Gasteiger partial charge >= 0.3 is 0 Å². The maximum absolute atomic E-state index is 13.4. The van der Waals surface area contributed by atoms with Gasteiger partial charge in [0, 0.05) is 13.2 Å². The minimum atomic E-state index is -0.321. The van der Waals surface area contributed by atoms with Gasteiger partial charge in [-0.05, 0) is 35.7 Å². The first kappa shape index (κ1) is 19.8. The van der Waals surface area contributed by atoms with Crippen LogP contribution in [0.3, 0.4) is 0 Å². The molecule has 1 N–H and O–H groups in total. The van der Waals surface area contributed by atoms with E-state index in [0.717, 1.165) is 16.7 Å². The van der Waals surface area contributed by atoms with E-state index >= 15 is 0 Å². The van der Waals surface area contributed by atoms with Crippen LogP contribution in [0.1, 0.15) is 33.2 Å². The van der Waals surface area contributed by atoms with E-state index in [1.54, 1.807) is 23.9 Å². The van der Waals surface area contributed by atoms with Crippen LogP contribution in [0.5, 0.6) is 0 Å². The van der Waals surface area contributed by atoms with Crippen molar-refractivity contribution in [3.8, 4) is 0 Å². The van der Waals surface area contributed by atoms with E-state index in [4.69, 9.17) is 0 Å². The largest absolute Gasteiger partial charge is 0.340 e. The first-order chi connectivity index (χ1) is 15.5. The van der Waals surface area contributed by atoms with Crippen molar-refractivity contribution in [2.45, 2.75) is 13.0 Å². The number of hydrogen-bond donors (Lipinski definition) is 1. The highest BCUT2D eigenvalue weighted by Crippen LogP contribution is 2.23. The normalized spacial score (nSPS) is 11.3. The summed E-state index contributed by atoms with van der Waals surface area (Å²) in [7, 11) is 1.76. The second-order valence-electron chi connectivity index (χ2n) is 7.91. The molecule has 6 heteroatoms. The van der Waals surface area contributed by atoms with Crippen LogP contribution in [0.25, 0.3) is 16.7 Å². The maximum atomic E-state index is 13.4. The Balaban J connectivity index is 1.59. The van der Waals surface area contributed by atoms with Crippen LogP contribution in [-0.4, -0.2) is 19.9 Å². The first-order valence-electron chi connectivity index (χ1n) is 10.4. The van der Waals surface area contributed by atoms with Gasteiger partial charge in [0.2, 0.25) is 0 Å². The molecule has 5 aromatic rings. The van der Waals surface area contributed by atoms with E-state index in [1.807, 2.05) is 79.7 Å². The lowest BCUT2D eigenvalue weighted by atomic mass is 9.98. The fourth-order valence-electron chi connectivity index (χ4n) is 4.05. The quantitative estimate of drug-likeness (QED) is 0.476. The molecule has 5 rings (SSSR count). The summed E-state index contributed by atoms with van der Waals surface area (Å²) < 4.78 is 3.20. The second-order valence-corrected chi connectivity index (χ2v) is 7.91. The summed E-state index contributed by atoms with van der Waals surface area (Å²) in [6.07, 6.45) is 1.76. The molecule has 0 radical (unpaired) electrons. The number of carbonyl (C=O) groups is 1. The van der Waals surface area contributed by atoms with Crippen LogP contribution in [0.4, 0.5) is 0 Å². The van der Waals surface area contributed by atoms with Gasteiger partial charge in [-0.2, -0.15) is 0 Å². The van der Waals surface area contributed by atoms with Crippen molar-refractivity contribution in [2.24, 2.45) is 7.05 Å². The molecule has 0 aliphatic rings. The van der Waals surface area contributed by atoms with Crippen molar-refractivity contribution in [3.05, 3.63) is 118 Å². The highest BCUT2D eigenvalue weighted by molar-refractivity contribution is 5.98. The van der Waals surface area contributed by atoms with E-state index in [0.29, 0.717) is 22.4 Å². The molecular weight excluding hydrogens is 400 g/mol. The number of benzene rings is 2. The van der Waals surface area contributed by atoms with Crippen molar-refractivity contribution in [1.82, 2.24) is 19.3 Å². The fraction of sp³-hybridized carbons (Fsp3) is 0.115. The molecule has 0 fully saturated rings. The summed E-state index contributed by atoms with van der Waals surface area (Å²) in [4.78, 5) is 31.1. The van der Waals surface area contributed by atoms with Crippen LogP contribution in [-0.2, 0) is 7.05 Å². The summed E-state index contributed by atoms with van der Waals surface area (Å²) in [5.74, 6) is -0.271. The maximum Gasteiger partial charge on any atom is 0.268 e. The molecular formula is C26H22N4O2. The molecule has 0 saturated heterocycles. The standard InChI is InChI=1S/C26H22N4O2/c1-17-13-14-22-27-24-20(26(32)30(22)16-17)15-21(29(24)2)25(31)28-23(18-9-5-3-6-10-18)19-11-7-4-8-12-19/h3-16,23H,1-2H3,(H,28,31). The summed E-state index contributed by atoms with van der Waals surface area (Å²) >= 11 is 0. The number of fused-ring (bicyclic) bond motifs is 2. The average molecular weight is 422 g/mol. The minimum absolute atomic E-state index is 0.189. The van der Waals surface area contributed by atoms with Gasteiger partial charge in [0.15, 0.2) is 0 Å².